The molecule has 0 N–H and O–H groups in total. The van der Waals surface area contributed by atoms with Crippen LogP contribution < -0.4 is 10.4 Å². The average molecular weight is 492 g/mol. The van der Waals surface area contributed by atoms with Gasteiger partial charge in [-0.1, -0.05) is 0 Å². The van der Waals surface area contributed by atoms with Crippen molar-refractivity contribution < 1.29 is 52.0 Å². The predicted molar refractivity (Wildman–Crippen MR) is 115 cm³/mol. The van der Waals surface area contributed by atoms with Crippen molar-refractivity contribution in [2.75, 3.05) is 7.11 Å². The molecule has 2 aromatic rings. The van der Waals surface area contributed by atoms with Crippen molar-refractivity contribution in [2.24, 2.45) is 0 Å². The number of rotatable bonds is 6. The van der Waals surface area contributed by atoms with Gasteiger partial charge in [0.1, 0.15) is 11.3 Å². The number of ether oxygens (including phenoxy) is 6. The Morgan fingerprint density at radius 3 is 2.06 bits per heavy atom. The van der Waals surface area contributed by atoms with Gasteiger partial charge in [-0.15, -0.1) is 0 Å². The molecule has 0 saturated carbocycles. The average Bonchev–Trinajstić information content (AvgIpc) is 2.76. The van der Waals surface area contributed by atoms with Crippen molar-refractivity contribution in [2.45, 2.75) is 58.4 Å². The Bertz CT molecular complexity index is 1200. The molecule has 0 spiro atoms. The van der Waals surface area contributed by atoms with Crippen LogP contribution in [-0.2, 0) is 42.9 Å². The molecule has 0 aliphatic carbocycles. The lowest BCUT2D eigenvalue weighted by atomic mass is 9.97. The molecular formula is C23H24O12. The standard InChI is InChI=1S/C23H24O12/c1-10-8-17(27)34-16-7-6-14(9-15(10)16)33-23-21(32-13(4)26)19(31-12(3)25)18(30-11(2)24)20(35-23)22(28)29-5/h6-9,18-21,23H,1-5H3/t18-,19?,20?,21?,23-/m1/s1. The van der Waals surface area contributed by atoms with Crippen molar-refractivity contribution in [1.82, 2.24) is 0 Å². The minimum Gasteiger partial charge on any atom is -0.467 e. The highest BCUT2D eigenvalue weighted by Gasteiger charge is 2.55. The first-order chi connectivity index (χ1) is 16.5. The number of hydrogen-bond acceptors (Lipinski definition) is 12. The normalized spacial score (nSPS) is 23.7. The van der Waals surface area contributed by atoms with Gasteiger partial charge in [0.2, 0.25) is 12.4 Å². The highest BCUT2D eigenvalue weighted by molar-refractivity contribution is 5.81. The first-order valence-electron chi connectivity index (χ1n) is 10.5. The van der Waals surface area contributed by atoms with E-state index in [1.165, 1.54) is 18.2 Å². The number of benzene rings is 1. The molecular weight excluding hydrogens is 468 g/mol. The zero-order valence-electron chi connectivity index (χ0n) is 19.6. The number of aryl methyl sites for hydroxylation is 1. The van der Waals surface area contributed by atoms with Gasteiger partial charge >= 0.3 is 29.5 Å². The number of methoxy groups -OCH3 is 1. The maximum atomic E-state index is 12.5. The zero-order valence-corrected chi connectivity index (χ0v) is 19.6. The molecule has 3 rings (SSSR count). The van der Waals surface area contributed by atoms with Crippen LogP contribution in [0.25, 0.3) is 11.0 Å². The van der Waals surface area contributed by atoms with Gasteiger partial charge in [0.05, 0.1) is 7.11 Å². The van der Waals surface area contributed by atoms with Crippen LogP contribution in [0.3, 0.4) is 0 Å². The summed E-state index contributed by atoms with van der Waals surface area (Å²) in [6.07, 6.45) is -7.48. The van der Waals surface area contributed by atoms with E-state index < -0.39 is 60.2 Å². The number of carbonyl (C=O) groups is 4. The third kappa shape index (κ3) is 5.96. The molecule has 5 atom stereocenters. The first-order valence-corrected chi connectivity index (χ1v) is 10.5. The molecule has 35 heavy (non-hydrogen) atoms. The number of fused-ring (bicyclic) bond motifs is 1. The topological polar surface area (TPSA) is 154 Å². The fourth-order valence-electron chi connectivity index (χ4n) is 3.68. The fraction of sp³-hybridized carbons (Fsp3) is 0.435. The lowest BCUT2D eigenvalue weighted by Gasteiger charge is -2.43. The summed E-state index contributed by atoms with van der Waals surface area (Å²) in [5.41, 5.74) is 0.405. The molecule has 0 bridgehead atoms. The summed E-state index contributed by atoms with van der Waals surface area (Å²) in [5, 5.41) is 0.556. The van der Waals surface area contributed by atoms with Crippen LogP contribution in [-0.4, -0.2) is 61.7 Å². The molecule has 188 valence electrons. The third-order valence-corrected chi connectivity index (χ3v) is 5.01. The number of hydrogen-bond donors (Lipinski definition) is 0. The second kappa shape index (κ2) is 10.6. The summed E-state index contributed by atoms with van der Waals surface area (Å²) in [6, 6.07) is 5.81. The van der Waals surface area contributed by atoms with Crippen LogP contribution in [0.1, 0.15) is 26.3 Å². The van der Waals surface area contributed by atoms with Crippen LogP contribution in [0.5, 0.6) is 5.75 Å². The molecule has 0 amide bonds. The Balaban J connectivity index is 2.06. The molecule has 1 aliphatic heterocycles. The monoisotopic (exact) mass is 492 g/mol. The second-order valence-corrected chi connectivity index (χ2v) is 7.69. The van der Waals surface area contributed by atoms with Crippen molar-refractivity contribution in [3.05, 3.63) is 40.2 Å². The van der Waals surface area contributed by atoms with Crippen LogP contribution in [0.4, 0.5) is 0 Å². The summed E-state index contributed by atoms with van der Waals surface area (Å²) in [5.74, 6) is -3.15. The largest absolute Gasteiger partial charge is 0.467 e. The van der Waals surface area contributed by atoms with Gasteiger partial charge in [-0.2, -0.15) is 0 Å². The molecule has 12 heteroatoms. The minimum absolute atomic E-state index is 0.188. The van der Waals surface area contributed by atoms with Crippen molar-refractivity contribution in [3.63, 3.8) is 0 Å². The molecule has 1 aromatic carbocycles. The molecule has 0 radical (unpaired) electrons. The summed E-state index contributed by atoms with van der Waals surface area (Å²) < 4.78 is 37.4. The maximum Gasteiger partial charge on any atom is 0.339 e. The van der Waals surface area contributed by atoms with Crippen molar-refractivity contribution >= 4 is 34.8 Å². The Labute approximate surface area is 199 Å². The Morgan fingerprint density at radius 1 is 0.857 bits per heavy atom. The van der Waals surface area contributed by atoms with Crippen LogP contribution in [0, 0.1) is 6.92 Å². The zero-order chi connectivity index (χ0) is 25.9. The minimum atomic E-state index is -1.58. The molecule has 3 unspecified atom stereocenters. The lowest BCUT2D eigenvalue weighted by Crippen LogP contribution is -2.64. The quantitative estimate of drug-likeness (QED) is 0.323. The van der Waals surface area contributed by atoms with Crippen LogP contribution >= 0.6 is 0 Å². The van der Waals surface area contributed by atoms with Gasteiger partial charge in [-0.05, 0) is 30.7 Å². The number of carbonyl (C=O) groups excluding carboxylic acids is 4. The first kappa shape index (κ1) is 25.7. The van der Waals surface area contributed by atoms with Crippen molar-refractivity contribution in [3.8, 4) is 5.75 Å². The summed E-state index contributed by atoms with van der Waals surface area (Å²) in [7, 11) is 1.09. The highest BCUT2D eigenvalue weighted by Crippen LogP contribution is 2.32. The third-order valence-electron chi connectivity index (χ3n) is 5.01. The van der Waals surface area contributed by atoms with Gasteiger partial charge in [-0.25, -0.2) is 9.59 Å². The maximum absolute atomic E-state index is 12.5. The molecule has 1 saturated heterocycles. The van der Waals surface area contributed by atoms with Gasteiger partial charge in [0.15, 0.2) is 18.3 Å². The summed E-state index contributed by atoms with van der Waals surface area (Å²) in [4.78, 5) is 59.6. The summed E-state index contributed by atoms with van der Waals surface area (Å²) >= 11 is 0. The van der Waals surface area contributed by atoms with E-state index in [0.29, 0.717) is 16.5 Å². The van der Waals surface area contributed by atoms with E-state index in [1.807, 2.05) is 0 Å². The molecule has 1 aliphatic rings. The molecule has 1 aromatic heterocycles. The second-order valence-electron chi connectivity index (χ2n) is 7.69. The molecule has 1 fully saturated rings. The molecule has 12 nitrogen and oxygen atoms in total. The Morgan fingerprint density at radius 2 is 1.46 bits per heavy atom. The van der Waals surface area contributed by atoms with E-state index in [1.54, 1.807) is 13.0 Å². The highest BCUT2D eigenvalue weighted by atomic mass is 16.7. The van der Waals surface area contributed by atoms with Crippen LogP contribution in [0.2, 0.25) is 0 Å². The lowest BCUT2D eigenvalue weighted by molar-refractivity contribution is -0.282. The van der Waals surface area contributed by atoms with E-state index >= 15 is 0 Å². The fourth-order valence-corrected chi connectivity index (χ4v) is 3.68. The van der Waals surface area contributed by atoms with Crippen molar-refractivity contribution in [1.29, 1.82) is 0 Å². The van der Waals surface area contributed by atoms with Gasteiger partial charge in [-0.3, -0.25) is 14.4 Å². The van der Waals surface area contributed by atoms with Gasteiger partial charge in [0, 0.05) is 32.2 Å². The summed E-state index contributed by atoms with van der Waals surface area (Å²) in [6.45, 7) is 4.98. The van der Waals surface area contributed by atoms with Gasteiger partial charge in [0.25, 0.3) is 0 Å². The van der Waals surface area contributed by atoms with Gasteiger partial charge < -0.3 is 32.8 Å². The van der Waals surface area contributed by atoms with E-state index in [-0.39, 0.29) is 5.75 Å². The smallest absolute Gasteiger partial charge is 0.339 e. The Kier molecular flexibility index (Phi) is 7.75. The Hall–Kier alpha value is -3.93. The van der Waals surface area contributed by atoms with E-state index in [0.717, 1.165) is 27.9 Å². The molecule has 2 heterocycles. The van der Waals surface area contributed by atoms with Crippen LogP contribution in [0.15, 0.2) is 33.5 Å². The van der Waals surface area contributed by atoms with E-state index in [9.17, 15) is 24.0 Å². The van der Waals surface area contributed by atoms with E-state index in [2.05, 4.69) is 0 Å². The van der Waals surface area contributed by atoms with E-state index in [4.69, 9.17) is 32.8 Å². The number of esters is 4. The predicted octanol–water partition coefficient (Wildman–Crippen LogP) is 1.17. The SMILES string of the molecule is COC(=O)C1O[C@@H](Oc2ccc3oc(=O)cc(C)c3c2)C(OC(C)=O)C(OC(C)=O)[C@H]1OC(C)=O.